The summed E-state index contributed by atoms with van der Waals surface area (Å²) >= 11 is 5.85. The Morgan fingerprint density at radius 1 is 1.22 bits per heavy atom. The molecule has 1 aliphatic rings. The molecule has 0 N–H and O–H groups in total. The number of ether oxygens (including phenoxy) is 2. The van der Waals surface area contributed by atoms with E-state index in [1.807, 2.05) is 6.92 Å². The Bertz CT molecular complexity index is 1010. The molecule has 2 aromatic carbocycles. The molecule has 2 aromatic rings. The summed E-state index contributed by atoms with van der Waals surface area (Å²) in [5.41, 5.74) is 0.378. The molecular weight excluding hydrogens is 447 g/mol. The molecule has 172 valence electrons. The maximum absolute atomic E-state index is 13.3. The minimum atomic E-state index is -4.57. The van der Waals surface area contributed by atoms with Crippen molar-refractivity contribution in [3.05, 3.63) is 63.7 Å². The number of alkyl halides is 3. The number of hydrogen-bond acceptors (Lipinski definition) is 4. The summed E-state index contributed by atoms with van der Waals surface area (Å²) in [6.07, 6.45) is -5.41. The molecule has 9 heteroatoms. The van der Waals surface area contributed by atoms with Gasteiger partial charge in [0, 0.05) is 17.1 Å². The zero-order valence-electron chi connectivity index (χ0n) is 17.7. The maximum atomic E-state index is 13.3. The predicted octanol–water partition coefficient (Wildman–Crippen LogP) is 4.72. The average molecular weight is 470 g/mol. The molecule has 1 saturated heterocycles. The normalized spacial score (nSPS) is 16.7. The van der Waals surface area contributed by atoms with Gasteiger partial charge in [-0.3, -0.25) is 9.59 Å². The van der Waals surface area contributed by atoms with Crippen LogP contribution in [-0.2, 0) is 22.1 Å². The van der Waals surface area contributed by atoms with Gasteiger partial charge in [-0.1, -0.05) is 11.6 Å². The number of amides is 1. The number of morpholine rings is 1. The molecule has 3 rings (SSSR count). The van der Waals surface area contributed by atoms with E-state index >= 15 is 0 Å². The molecule has 0 aliphatic carbocycles. The van der Waals surface area contributed by atoms with E-state index in [0.29, 0.717) is 11.3 Å². The van der Waals surface area contributed by atoms with E-state index < -0.39 is 30.2 Å². The van der Waals surface area contributed by atoms with Gasteiger partial charge in [-0.15, -0.1) is 0 Å². The Morgan fingerprint density at radius 2 is 1.97 bits per heavy atom. The molecule has 1 heterocycles. The topological polar surface area (TPSA) is 55.8 Å². The summed E-state index contributed by atoms with van der Waals surface area (Å²) in [6.45, 7) is 4.20. The van der Waals surface area contributed by atoms with Crippen molar-refractivity contribution >= 4 is 23.3 Å². The first-order chi connectivity index (χ1) is 15.0. The number of nitrogens with zero attached hydrogens (tertiary/aromatic N) is 1. The number of rotatable bonds is 6. The third-order valence-electron chi connectivity index (χ3n) is 5.22. The van der Waals surface area contributed by atoms with Gasteiger partial charge < -0.3 is 14.4 Å². The largest absolute Gasteiger partial charge is 0.491 e. The third kappa shape index (κ3) is 6.01. The first kappa shape index (κ1) is 24.1. The fourth-order valence-electron chi connectivity index (χ4n) is 3.62. The van der Waals surface area contributed by atoms with Crippen molar-refractivity contribution < 1.29 is 32.2 Å². The van der Waals surface area contributed by atoms with Crippen molar-refractivity contribution in [2.45, 2.75) is 32.5 Å². The van der Waals surface area contributed by atoms with E-state index in [1.165, 1.54) is 17.9 Å². The molecule has 0 aromatic heterocycles. The van der Waals surface area contributed by atoms with Crippen LogP contribution in [-0.4, -0.2) is 49.0 Å². The standard InChI is InChI=1S/C23H23ClF3NO4/c1-14-9-18(4-5-20(14)15(2)29)32-13-19-12-28(7-8-31-19)22(30)11-16-10-17(24)3-6-21(16)23(25,26)27/h3-6,9-10,19H,7-8,11-13H2,1-2H3. The van der Waals surface area contributed by atoms with Crippen molar-refractivity contribution in [2.24, 2.45) is 0 Å². The first-order valence-electron chi connectivity index (χ1n) is 10.0. The van der Waals surface area contributed by atoms with Gasteiger partial charge in [0.05, 0.1) is 25.1 Å². The van der Waals surface area contributed by atoms with Gasteiger partial charge in [0.25, 0.3) is 0 Å². The smallest absolute Gasteiger partial charge is 0.416 e. The van der Waals surface area contributed by atoms with E-state index in [9.17, 15) is 22.8 Å². The van der Waals surface area contributed by atoms with Crippen LogP contribution in [0.1, 0.15) is 34.0 Å². The molecule has 0 radical (unpaired) electrons. The van der Waals surface area contributed by atoms with Gasteiger partial charge in [0.1, 0.15) is 18.5 Å². The second kappa shape index (κ2) is 9.92. The highest BCUT2D eigenvalue weighted by atomic mass is 35.5. The number of ketones is 1. The Kier molecular flexibility index (Phi) is 7.46. The van der Waals surface area contributed by atoms with Crippen LogP contribution in [0.5, 0.6) is 5.75 Å². The van der Waals surface area contributed by atoms with Crippen molar-refractivity contribution in [1.29, 1.82) is 0 Å². The van der Waals surface area contributed by atoms with E-state index in [0.717, 1.165) is 17.7 Å². The van der Waals surface area contributed by atoms with Crippen LogP contribution >= 0.6 is 11.6 Å². The van der Waals surface area contributed by atoms with Crippen LogP contribution in [0, 0.1) is 6.92 Å². The van der Waals surface area contributed by atoms with E-state index in [1.54, 1.807) is 18.2 Å². The third-order valence-corrected chi connectivity index (χ3v) is 5.45. The van der Waals surface area contributed by atoms with Gasteiger partial charge in [-0.05, 0) is 61.4 Å². The number of halogens is 4. The van der Waals surface area contributed by atoms with Crippen LogP contribution in [0.15, 0.2) is 36.4 Å². The molecule has 1 atom stereocenters. The lowest BCUT2D eigenvalue weighted by atomic mass is 10.0. The molecular formula is C23H23ClF3NO4. The van der Waals surface area contributed by atoms with Crippen LogP contribution in [0.2, 0.25) is 5.02 Å². The highest BCUT2D eigenvalue weighted by molar-refractivity contribution is 6.30. The predicted molar refractivity (Wildman–Crippen MR) is 113 cm³/mol. The van der Waals surface area contributed by atoms with Crippen LogP contribution < -0.4 is 4.74 Å². The van der Waals surface area contributed by atoms with Gasteiger partial charge in [0.2, 0.25) is 5.91 Å². The first-order valence-corrected chi connectivity index (χ1v) is 10.4. The molecule has 0 bridgehead atoms. The molecule has 0 saturated carbocycles. The lowest BCUT2D eigenvalue weighted by molar-refractivity contribution is -0.141. The van der Waals surface area contributed by atoms with Crippen molar-refractivity contribution in [3.8, 4) is 5.75 Å². The van der Waals surface area contributed by atoms with E-state index in [4.69, 9.17) is 21.1 Å². The number of carbonyl (C=O) groups excluding carboxylic acids is 2. The molecule has 1 amide bonds. The van der Waals surface area contributed by atoms with Crippen LogP contribution in [0.3, 0.4) is 0 Å². The summed E-state index contributed by atoms with van der Waals surface area (Å²) in [7, 11) is 0. The Hall–Kier alpha value is -2.58. The average Bonchev–Trinajstić information content (AvgIpc) is 2.71. The molecule has 32 heavy (non-hydrogen) atoms. The van der Waals surface area contributed by atoms with Crippen molar-refractivity contribution in [3.63, 3.8) is 0 Å². The van der Waals surface area contributed by atoms with Crippen molar-refractivity contribution in [2.75, 3.05) is 26.3 Å². The Labute approximate surface area is 189 Å². The van der Waals surface area contributed by atoms with E-state index in [2.05, 4.69) is 0 Å². The molecule has 0 spiro atoms. The zero-order valence-corrected chi connectivity index (χ0v) is 18.4. The number of aryl methyl sites for hydroxylation is 1. The minimum absolute atomic E-state index is 0.0350. The summed E-state index contributed by atoms with van der Waals surface area (Å²) in [5, 5.41) is 0.139. The van der Waals surface area contributed by atoms with Crippen LogP contribution in [0.25, 0.3) is 0 Å². The number of benzene rings is 2. The van der Waals surface area contributed by atoms with Gasteiger partial charge in [-0.2, -0.15) is 13.2 Å². The number of hydrogen-bond donors (Lipinski definition) is 0. The Balaban J connectivity index is 1.62. The lowest BCUT2D eigenvalue weighted by Crippen LogP contribution is -2.48. The fourth-order valence-corrected chi connectivity index (χ4v) is 3.81. The fraction of sp³-hybridized carbons (Fsp3) is 0.391. The highest BCUT2D eigenvalue weighted by Gasteiger charge is 2.34. The van der Waals surface area contributed by atoms with Gasteiger partial charge in [-0.25, -0.2) is 0 Å². The maximum Gasteiger partial charge on any atom is 0.416 e. The second-order valence-corrected chi connectivity index (χ2v) is 8.09. The zero-order chi connectivity index (χ0) is 23.5. The highest BCUT2D eigenvalue weighted by Crippen LogP contribution is 2.33. The lowest BCUT2D eigenvalue weighted by Gasteiger charge is -2.33. The molecule has 1 unspecified atom stereocenters. The molecule has 1 aliphatic heterocycles. The monoisotopic (exact) mass is 469 g/mol. The second-order valence-electron chi connectivity index (χ2n) is 7.65. The number of Topliss-reactive ketones (excluding diaryl/α,β-unsaturated/α-hetero) is 1. The summed E-state index contributed by atoms with van der Waals surface area (Å²) in [6, 6.07) is 8.35. The quantitative estimate of drug-likeness (QED) is 0.574. The summed E-state index contributed by atoms with van der Waals surface area (Å²) < 4.78 is 51.2. The summed E-state index contributed by atoms with van der Waals surface area (Å²) in [5.74, 6) is 0.0909. The molecule has 5 nitrogen and oxygen atoms in total. The van der Waals surface area contributed by atoms with E-state index in [-0.39, 0.29) is 42.7 Å². The Morgan fingerprint density at radius 3 is 2.62 bits per heavy atom. The minimum Gasteiger partial charge on any atom is -0.491 e. The van der Waals surface area contributed by atoms with Gasteiger partial charge >= 0.3 is 6.18 Å². The SMILES string of the molecule is CC(=O)c1ccc(OCC2CN(C(=O)Cc3cc(Cl)ccc3C(F)(F)F)CCO2)cc1C. The van der Waals surface area contributed by atoms with Crippen LogP contribution in [0.4, 0.5) is 13.2 Å². The van der Waals surface area contributed by atoms with Crippen molar-refractivity contribution in [1.82, 2.24) is 4.90 Å². The molecule has 1 fully saturated rings. The number of carbonyl (C=O) groups is 2. The summed E-state index contributed by atoms with van der Waals surface area (Å²) in [4.78, 5) is 25.7. The van der Waals surface area contributed by atoms with Gasteiger partial charge in [0.15, 0.2) is 5.78 Å².